The van der Waals surface area contributed by atoms with Crippen molar-refractivity contribution in [1.29, 1.82) is 0 Å². The Morgan fingerprint density at radius 3 is 2.55 bits per heavy atom. The molecule has 8 heteroatoms. The predicted molar refractivity (Wildman–Crippen MR) is 127 cm³/mol. The van der Waals surface area contributed by atoms with Gasteiger partial charge in [-0.25, -0.2) is 0 Å². The van der Waals surface area contributed by atoms with Crippen LogP contribution < -0.4 is 19.7 Å². The summed E-state index contributed by atoms with van der Waals surface area (Å²) < 4.78 is 18.2. The van der Waals surface area contributed by atoms with Crippen LogP contribution in [0.4, 0.5) is 11.4 Å². The second-order valence-electron chi connectivity index (χ2n) is 6.98. The molecule has 0 saturated carbocycles. The number of thiophene rings is 1. The molecule has 0 spiro atoms. The lowest BCUT2D eigenvalue weighted by molar-refractivity contribution is 0.103. The summed E-state index contributed by atoms with van der Waals surface area (Å²) in [6.07, 6.45) is 0. The van der Waals surface area contributed by atoms with Gasteiger partial charge in [0.1, 0.15) is 16.4 Å². The molecule has 0 radical (unpaired) electrons. The van der Waals surface area contributed by atoms with Gasteiger partial charge in [0.2, 0.25) is 0 Å². The van der Waals surface area contributed by atoms with E-state index in [0.29, 0.717) is 53.5 Å². The predicted octanol–water partition coefficient (Wildman–Crippen LogP) is 5.44. The van der Waals surface area contributed by atoms with E-state index in [9.17, 15) is 4.79 Å². The van der Waals surface area contributed by atoms with Crippen molar-refractivity contribution in [3.63, 3.8) is 0 Å². The Hall–Kier alpha value is -2.48. The number of carbonyl (C=O) groups is 1. The molecule has 0 bridgehead atoms. The number of benzene rings is 2. The van der Waals surface area contributed by atoms with Gasteiger partial charge in [0.05, 0.1) is 42.8 Å². The van der Waals surface area contributed by atoms with E-state index in [1.165, 1.54) is 11.3 Å². The van der Waals surface area contributed by atoms with Gasteiger partial charge < -0.3 is 24.4 Å². The molecule has 1 amide bonds. The molecule has 0 aliphatic carbocycles. The molecule has 0 atom stereocenters. The minimum Gasteiger partial charge on any atom is -0.492 e. The third-order valence-electron chi connectivity index (χ3n) is 5.00. The number of carbonyl (C=O) groups excluding carboxylic acids is 1. The summed E-state index contributed by atoms with van der Waals surface area (Å²) in [5.41, 5.74) is 1.49. The minimum atomic E-state index is -0.270. The van der Waals surface area contributed by atoms with Crippen LogP contribution in [0.3, 0.4) is 0 Å². The third kappa shape index (κ3) is 4.59. The van der Waals surface area contributed by atoms with E-state index in [1.807, 2.05) is 50.2 Å². The lowest BCUT2D eigenvalue weighted by atomic mass is 10.2. The number of morpholine rings is 1. The van der Waals surface area contributed by atoms with Gasteiger partial charge in [-0.05, 0) is 19.9 Å². The van der Waals surface area contributed by atoms with E-state index >= 15 is 0 Å². The van der Waals surface area contributed by atoms with Crippen LogP contribution in [0.2, 0.25) is 5.02 Å². The smallest absolute Gasteiger partial charge is 0.267 e. The number of amides is 1. The van der Waals surface area contributed by atoms with Crippen LogP contribution >= 0.6 is 22.9 Å². The Kier molecular flexibility index (Phi) is 6.85. The molecule has 1 N–H and O–H groups in total. The maximum absolute atomic E-state index is 13.1. The zero-order chi connectivity index (χ0) is 21.8. The van der Waals surface area contributed by atoms with Gasteiger partial charge in [-0.15, -0.1) is 11.3 Å². The Morgan fingerprint density at radius 1 is 1.13 bits per heavy atom. The average Bonchev–Trinajstić information content (AvgIpc) is 3.13. The first-order valence-electron chi connectivity index (χ1n) is 10.4. The van der Waals surface area contributed by atoms with Crippen molar-refractivity contribution >= 4 is 50.3 Å². The van der Waals surface area contributed by atoms with Gasteiger partial charge in [-0.1, -0.05) is 29.8 Å². The van der Waals surface area contributed by atoms with Crippen molar-refractivity contribution in [3.05, 3.63) is 46.3 Å². The topological polar surface area (TPSA) is 60.0 Å². The highest BCUT2D eigenvalue weighted by atomic mass is 35.5. The molecule has 3 aromatic rings. The van der Waals surface area contributed by atoms with Crippen LogP contribution in [0.25, 0.3) is 10.1 Å². The largest absolute Gasteiger partial charge is 0.492 e. The van der Waals surface area contributed by atoms with E-state index in [-0.39, 0.29) is 5.91 Å². The molecule has 2 heterocycles. The van der Waals surface area contributed by atoms with E-state index in [4.69, 9.17) is 25.8 Å². The fourth-order valence-electron chi connectivity index (χ4n) is 3.58. The molecule has 31 heavy (non-hydrogen) atoms. The summed E-state index contributed by atoms with van der Waals surface area (Å²) in [5, 5.41) is 4.32. The number of fused-ring (bicyclic) bond motifs is 1. The van der Waals surface area contributed by atoms with E-state index in [0.717, 1.165) is 28.9 Å². The summed E-state index contributed by atoms with van der Waals surface area (Å²) in [7, 11) is 0. The van der Waals surface area contributed by atoms with Crippen molar-refractivity contribution in [3.8, 4) is 11.5 Å². The molecule has 1 aliphatic rings. The quantitative estimate of drug-likeness (QED) is 0.508. The number of hydrogen-bond donors (Lipinski definition) is 1. The summed E-state index contributed by atoms with van der Waals surface area (Å²) in [6, 6.07) is 11.5. The number of hydrogen-bond acceptors (Lipinski definition) is 6. The molecule has 0 unspecified atom stereocenters. The zero-order valence-corrected chi connectivity index (χ0v) is 19.1. The molecular formula is C23H25ClN2O4S. The van der Waals surface area contributed by atoms with Crippen molar-refractivity contribution in [2.45, 2.75) is 13.8 Å². The van der Waals surface area contributed by atoms with Gasteiger partial charge >= 0.3 is 0 Å². The minimum absolute atomic E-state index is 0.270. The summed E-state index contributed by atoms with van der Waals surface area (Å²) in [6.45, 7) is 7.72. The van der Waals surface area contributed by atoms with Crippen molar-refractivity contribution in [2.75, 3.05) is 49.7 Å². The van der Waals surface area contributed by atoms with E-state index in [2.05, 4.69) is 10.2 Å². The van der Waals surface area contributed by atoms with E-state index < -0.39 is 0 Å². The normalized spacial score (nSPS) is 14.0. The average molecular weight is 461 g/mol. The number of rotatable bonds is 7. The molecule has 2 aromatic carbocycles. The number of halogens is 1. The highest BCUT2D eigenvalue weighted by Crippen LogP contribution is 2.41. The second-order valence-corrected chi connectivity index (χ2v) is 8.41. The first kappa shape index (κ1) is 21.7. The standard InChI is InChI=1S/C23H25ClN2O4S/c1-3-29-18-14-17(26-9-11-28-12-10-26)19(30-4-2)13-16(18)25-23(27)22-21(24)15-7-5-6-8-20(15)31-22/h5-8,13-14H,3-4,9-12H2,1-2H3,(H,25,27). The fraction of sp³-hybridized carbons (Fsp3) is 0.348. The van der Waals surface area contributed by atoms with Crippen LogP contribution in [-0.4, -0.2) is 45.4 Å². The van der Waals surface area contributed by atoms with Gasteiger partial charge in [-0.2, -0.15) is 0 Å². The summed E-state index contributed by atoms with van der Waals surface area (Å²) in [5.74, 6) is 1.03. The molecule has 164 valence electrons. The molecule has 1 aromatic heterocycles. The molecule has 1 saturated heterocycles. The van der Waals surface area contributed by atoms with Crippen LogP contribution in [-0.2, 0) is 4.74 Å². The number of nitrogens with zero attached hydrogens (tertiary/aromatic N) is 1. The van der Waals surface area contributed by atoms with Gasteiger partial charge in [0.15, 0.2) is 0 Å². The third-order valence-corrected chi connectivity index (χ3v) is 6.68. The summed E-state index contributed by atoms with van der Waals surface area (Å²) in [4.78, 5) is 15.8. The molecule has 1 fully saturated rings. The lowest BCUT2D eigenvalue weighted by Crippen LogP contribution is -2.36. The maximum Gasteiger partial charge on any atom is 0.267 e. The monoisotopic (exact) mass is 460 g/mol. The lowest BCUT2D eigenvalue weighted by Gasteiger charge is -2.31. The Labute approximate surface area is 190 Å². The van der Waals surface area contributed by atoms with Gasteiger partial charge in [0.25, 0.3) is 5.91 Å². The molecule has 6 nitrogen and oxygen atoms in total. The molecular weight excluding hydrogens is 436 g/mol. The Morgan fingerprint density at radius 2 is 1.84 bits per heavy atom. The zero-order valence-electron chi connectivity index (χ0n) is 17.6. The van der Waals surface area contributed by atoms with Crippen LogP contribution in [0.5, 0.6) is 11.5 Å². The highest BCUT2D eigenvalue weighted by Gasteiger charge is 2.22. The molecule has 4 rings (SSSR count). The van der Waals surface area contributed by atoms with Crippen molar-refractivity contribution in [2.24, 2.45) is 0 Å². The number of ether oxygens (including phenoxy) is 3. The maximum atomic E-state index is 13.1. The Bertz CT molecular complexity index is 1080. The van der Waals surface area contributed by atoms with Gasteiger partial charge in [-0.3, -0.25) is 4.79 Å². The summed E-state index contributed by atoms with van der Waals surface area (Å²) >= 11 is 7.87. The van der Waals surface area contributed by atoms with Crippen LogP contribution in [0.15, 0.2) is 36.4 Å². The fourth-order valence-corrected chi connectivity index (χ4v) is 5.00. The SMILES string of the molecule is CCOc1cc(N2CCOCC2)c(OCC)cc1NC(=O)c1sc2ccccc2c1Cl. The first-order valence-corrected chi connectivity index (χ1v) is 11.6. The van der Waals surface area contributed by atoms with Crippen molar-refractivity contribution < 1.29 is 19.0 Å². The van der Waals surface area contributed by atoms with Crippen LogP contribution in [0, 0.1) is 0 Å². The highest BCUT2D eigenvalue weighted by molar-refractivity contribution is 7.21. The number of anilines is 2. The van der Waals surface area contributed by atoms with E-state index in [1.54, 1.807) is 0 Å². The first-order chi connectivity index (χ1) is 15.1. The number of nitrogens with one attached hydrogen (secondary N) is 1. The van der Waals surface area contributed by atoms with Crippen LogP contribution in [0.1, 0.15) is 23.5 Å². The van der Waals surface area contributed by atoms with Crippen molar-refractivity contribution in [1.82, 2.24) is 0 Å². The molecule has 1 aliphatic heterocycles. The Balaban J connectivity index is 1.69. The van der Waals surface area contributed by atoms with Gasteiger partial charge in [0, 0.05) is 35.3 Å². The second kappa shape index (κ2) is 9.77.